The molecule has 1 aromatic carbocycles. The number of halogens is 2. The van der Waals surface area contributed by atoms with Crippen molar-refractivity contribution in [3.05, 3.63) is 29.0 Å². The molecule has 4 saturated carbocycles. The lowest BCUT2D eigenvalue weighted by Gasteiger charge is -2.50. The fourth-order valence-corrected chi connectivity index (χ4v) is 8.21. The third-order valence-electron chi connectivity index (χ3n) is 10.5. The fraction of sp³-hybridized carbons (Fsp3) is 0.750. The van der Waals surface area contributed by atoms with Gasteiger partial charge in [-0.05, 0) is 80.4 Å². The van der Waals surface area contributed by atoms with E-state index >= 15 is 0 Å². The number of hydrogen-bond acceptors (Lipinski definition) is 4. The molecule has 0 radical (unpaired) electrons. The second-order valence-electron chi connectivity index (χ2n) is 12.9. The first-order valence-corrected chi connectivity index (χ1v) is 16.1. The summed E-state index contributed by atoms with van der Waals surface area (Å²) in [6, 6.07) is 4.56. The van der Waals surface area contributed by atoms with Gasteiger partial charge in [-0.3, -0.25) is 9.59 Å². The summed E-state index contributed by atoms with van der Waals surface area (Å²) < 4.78 is 19.1. The second kappa shape index (κ2) is 13.9. The van der Waals surface area contributed by atoms with E-state index in [0.29, 0.717) is 36.8 Å². The first kappa shape index (κ1) is 29.6. The highest BCUT2D eigenvalue weighted by Gasteiger charge is 2.49. The molecule has 1 aromatic rings. The van der Waals surface area contributed by atoms with Gasteiger partial charge in [0.15, 0.2) is 6.61 Å². The Hall–Kier alpha value is -1.86. The Labute approximate surface area is 243 Å². The highest BCUT2D eigenvalue weighted by atomic mass is 35.5. The molecule has 2 bridgehead atoms. The zero-order chi connectivity index (χ0) is 28.1. The van der Waals surface area contributed by atoms with Gasteiger partial charge in [0.1, 0.15) is 11.6 Å². The lowest BCUT2D eigenvalue weighted by atomic mass is 9.57. The topological polar surface area (TPSA) is 79.5 Å². The Balaban J connectivity index is 1.05. The minimum Gasteiger partial charge on any atom is -0.484 e. The zero-order valence-electron chi connectivity index (χ0n) is 23.9. The minimum absolute atomic E-state index is 0.0155. The van der Waals surface area contributed by atoms with Gasteiger partial charge in [-0.1, -0.05) is 63.5 Å². The average molecular weight is 576 g/mol. The molecule has 1 saturated heterocycles. The number of carbonyl (C=O) groups is 2. The summed E-state index contributed by atoms with van der Waals surface area (Å²) in [5.41, 5.74) is 0. The van der Waals surface area contributed by atoms with Crippen LogP contribution in [-0.2, 0) is 9.59 Å². The second-order valence-corrected chi connectivity index (χ2v) is 13.3. The van der Waals surface area contributed by atoms with Gasteiger partial charge in [0.25, 0.3) is 5.91 Å². The Morgan fingerprint density at radius 2 is 1.77 bits per heavy atom. The highest BCUT2D eigenvalue weighted by Crippen LogP contribution is 2.49. The van der Waals surface area contributed by atoms with E-state index in [2.05, 4.69) is 22.9 Å². The van der Waals surface area contributed by atoms with Crippen molar-refractivity contribution < 1.29 is 18.7 Å². The smallest absolute Gasteiger partial charge is 0.258 e. The lowest BCUT2D eigenvalue weighted by Crippen LogP contribution is -2.57. The van der Waals surface area contributed by atoms with Crippen molar-refractivity contribution in [2.75, 3.05) is 19.7 Å². The summed E-state index contributed by atoms with van der Waals surface area (Å²) in [5, 5.41) is 10.1. The highest BCUT2D eigenvalue weighted by molar-refractivity contribution is 6.30. The molecule has 2 amide bonds. The van der Waals surface area contributed by atoms with Crippen LogP contribution in [0.5, 0.6) is 5.75 Å². The number of amides is 2. The van der Waals surface area contributed by atoms with Crippen molar-refractivity contribution in [3.8, 4) is 5.75 Å². The number of fused-ring (bicyclic) bond motifs is 2. The van der Waals surface area contributed by atoms with Gasteiger partial charge < -0.3 is 20.7 Å². The molecule has 5 atom stereocenters. The van der Waals surface area contributed by atoms with Gasteiger partial charge in [-0.15, -0.1) is 0 Å². The van der Waals surface area contributed by atoms with E-state index in [-0.39, 0.29) is 41.2 Å². The predicted molar refractivity (Wildman–Crippen MR) is 156 cm³/mol. The van der Waals surface area contributed by atoms with Crippen molar-refractivity contribution in [1.82, 2.24) is 16.0 Å². The molecule has 3 N–H and O–H groups in total. The largest absolute Gasteiger partial charge is 0.484 e. The molecule has 1 aliphatic heterocycles. The molecule has 4 aliphatic carbocycles. The molecule has 222 valence electrons. The SMILES string of the molecule is CC1C(CCNC(=O)C2C[C@H](NC(=O)COc3ccc(Cl)c(F)c3)C3CC2C3)NCCC1C1CCCCCCC1. The van der Waals surface area contributed by atoms with Gasteiger partial charge in [0.05, 0.1) is 5.02 Å². The Morgan fingerprint density at radius 1 is 1.02 bits per heavy atom. The van der Waals surface area contributed by atoms with Crippen molar-refractivity contribution >= 4 is 23.4 Å². The molecule has 8 heteroatoms. The number of hydrogen-bond donors (Lipinski definition) is 3. The third-order valence-corrected chi connectivity index (χ3v) is 10.8. The molecule has 6 rings (SSSR count). The van der Waals surface area contributed by atoms with Crippen molar-refractivity contribution in [1.29, 1.82) is 0 Å². The van der Waals surface area contributed by atoms with Crippen LogP contribution >= 0.6 is 11.6 Å². The van der Waals surface area contributed by atoms with E-state index in [4.69, 9.17) is 16.3 Å². The van der Waals surface area contributed by atoms with Gasteiger partial charge >= 0.3 is 0 Å². The van der Waals surface area contributed by atoms with E-state index in [9.17, 15) is 14.0 Å². The van der Waals surface area contributed by atoms with Gasteiger partial charge in [-0.2, -0.15) is 0 Å². The molecule has 1 heterocycles. The summed E-state index contributed by atoms with van der Waals surface area (Å²) in [6.45, 7) is 4.03. The van der Waals surface area contributed by atoms with Gasteiger partial charge in [-0.25, -0.2) is 4.39 Å². The van der Waals surface area contributed by atoms with Gasteiger partial charge in [0.2, 0.25) is 5.91 Å². The summed E-state index contributed by atoms with van der Waals surface area (Å²) in [6.07, 6.45) is 14.7. The van der Waals surface area contributed by atoms with Crippen LogP contribution in [0.3, 0.4) is 0 Å². The number of piperidine rings is 1. The summed E-state index contributed by atoms with van der Waals surface area (Å²) in [7, 11) is 0. The molecule has 0 aromatic heterocycles. The molecule has 0 spiro atoms. The quantitative estimate of drug-likeness (QED) is 0.344. The Kier molecular flexibility index (Phi) is 10.3. The van der Waals surface area contributed by atoms with Gasteiger partial charge in [0, 0.05) is 30.6 Å². The molecule has 5 fully saturated rings. The van der Waals surface area contributed by atoms with Crippen LogP contribution in [0.4, 0.5) is 4.39 Å². The third kappa shape index (κ3) is 7.31. The van der Waals surface area contributed by atoms with Crippen LogP contribution in [0.2, 0.25) is 5.02 Å². The van der Waals surface area contributed by atoms with Crippen LogP contribution in [0.25, 0.3) is 0 Å². The maximum Gasteiger partial charge on any atom is 0.258 e. The number of nitrogens with one attached hydrogen (secondary N) is 3. The molecule has 4 unspecified atom stereocenters. The molecular formula is C32H47ClFN3O3. The molecule has 6 nitrogen and oxygen atoms in total. The summed E-state index contributed by atoms with van der Waals surface area (Å²) in [4.78, 5) is 25.8. The number of benzene rings is 1. The van der Waals surface area contributed by atoms with E-state index in [1.165, 1.54) is 63.5 Å². The van der Waals surface area contributed by atoms with Crippen LogP contribution < -0.4 is 20.7 Å². The lowest BCUT2D eigenvalue weighted by molar-refractivity contribution is -0.136. The monoisotopic (exact) mass is 575 g/mol. The van der Waals surface area contributed by atoms with E-state index < -0.39 is 5.82 Å². The molecule has 5 aliphatic rings. The van der Waals surface area contributed by atoms with E-state index in [0.717, 1.165) is 37.6 Å². The van der Waals surface area contributed by atoms with Crippen molar-refractivity contribution in [3.63, 3.8) is 0 Å². The van der Waals surface area contributed by atoms with Crippen LogP contribution in [0.15, 0.2) is 18.2 Å². The Bertz CT molecular complexity index is 1010. The summed E-state index contributed by atoms with van der Waals surface area (Å²) in [5.74, 6) is 2.67. The zero-order valence-corrected chi connectivity index (χ0v) is 24.7. The number of rotatable bonds is 9. The van der Waals surface area contributed by atoms with Crippen molar-refractivity contribution in [2.24, 2.45) is 35.5 Å². The summed E-state index contributed by atoms with van der Waals surface area (Å²) >= 11 is 5.71. The molecule has 40 heavy (non-hydrogen) atoms. The maximum atomic E-state index is 13.6. The average Bonchev–Trinajstić information content (AvgIpc) is 2.90. The van der Waals surface area contributed by atoms with Crippen LogP contribution in [0.1, 0.15) is 84.0 Å². The van der Waals surface area contributed by atoms with Crippen LogP contribution in [0, 0.1) is 41.3 Å². The Morgan fingerprint density at radius 3 is 2.52 bits per heavy atom. The number of ether oxygens (including phenoxy) is 1. The standard InChI is InChI=1S/C32H47ClFN3O3/c1-20-25(21-7-5-3-2-4-6-8-21)11-13-35-29(20)12-14-36-32(39)26-18-30(23-15-22(26)16-23)37-31(38)19-40-24-9-10-27(33)28(34)17-24/h9-10,17,20-23,25-26,29-30,35H,2-8,11-16,18-19H2,1H3,(H,36,39)(H,37,38)/t20?,22?,23?,25?,26?,29?,30-/m0/s1. The fourth-order valence-electron chi connectivity index (χ4n) is 8.10. The normalized spacial score (nSPS) is 32.7. The van der Waals surface area contributed by atoms with Crippen molar-refractivity contribution in [2.45, 2.75) is 96.1 Å². The van der Waals surface area contributed by atoms with Crippen LogP contribution in [-0.4, -0.2) is 43.6 Å². The van der Waals surface area contributed by atoms with E-state index in [1.54, 1.807) is 6.07 Å². The molecular weight excluding hydrogens is 529 g/mol. The van der Waals surface area contributed by atoms with E-state index in [1.807, 2.05) is 0 Å². The maximum absolute atomic E-state index is 13.6. The predicted octanol–water partition coefficient (Wildman–Crippen LogP) is 5.87. The first-order chi connectivity index (χ1) is 19.4. The number of carbonyl (C=O) groups excluding carboxylic acids is 2. The minimum atomic E-state index is -0.579. The first-order valence-electron chi connectivity index (χ1n) is 15.8.